The highest BCUT2D eigenvalue weighted by molar-refractivity contribution is 6.32. The number of halogens is 1. The molecule has 5 heteroatoms. The molecule has 3 rings (SSSR count). The lowest BCUT2D eigenvalue weighted by Crippen LogP contribution is -2.29. The van der Waals surface area contributed by atoms with Crippen LogP contribution in [0.5, 0.6) is 11.5 Å². The number of hydrogen-bond donors (Lipinski definition) is 1. The second-order valence-electron chi connectivity index (χ2n) is 6.22. The smallest absolute Gasteiger partial charge is 0.244 e. The van der Waals surface area contributed by atoms with Gasteiger partial charge in [0.05, 0.1) is 25.3 Å². The molecule has 2 aromatic rings. The van der Waals surface area contributed by atoms with E-state index in [9.17, 15) is 4.79 Å². The molecule has 0 aliphatic heterocycles. The molecule has 0 spiro atoms. The number of carbonyl (C=O) groups excluding carboxylic acids is 1. The summed E-state index contributed by atoms with van der Waals surface area (Å²) in [6.07, 6.45) is 6.35. The first-order chi connectivity index (χ1) is 12.6. The highest BCUT2D eigenvalue weighted by atomic mass is 35.5. The van der Waals surface area contributed by atoms with Crippen LogP contribution in [-0.4, -0.2) is 20.1 Å². The molecule has 0 saturated carbocycles. The standard InChI is InChI=1S/C21H22ClNO3/c1-25-19-13-14(12-17(22)21(19)26-2)10-11-20(24)23-18-9-5-7-15-6-3-4-8-16(15)18/h3-4,6,8,10-13,18H,5,7,9H2,1-2H3,(H,23,24)/b11-10+/t18-/m0/s1. The molecular formula is C21H22ClNO3. The van der Waals surface area contributed by atoms with Crippen molar-refractivity contribution in [3.63, 3.8) is 0 Å². The number of hydrogen-bond acceptors (Lipinski definition) is 3. The largest absolute Gasteiger partial charge is 0.493 e. The fourth-order valence-corrected chi connectivity index (χ4v) is 3.63. The molecule has 1 aliphatic rings. The van der Waals surface area contributed by atoms with Crippen LogP contribution in [0.4, 0.5) is 0 Å². The van der Waals surface area contributed by atoms with E-state index < -0.39 is 0 Å². The number of ether oxygens (including phenoxy) is 2. The van der Waals surface area contributed by atoms with Crippen LogP contribution < -0.4 is 14.8 Å². The van der Waals surface area contributed by atoms with Gasteiger partial charge in [0.1, 0.15) is 0 Å². The zero-order valence-electron chi connectivity index (χ0n) is 14.9. The molecule has 0 heterocycles. The van der Waals surface area contributed by atoms with Crippen LogP contribution in [0, 0.1) is 0 Å². The predicted molar refractivity (Wildman–Crippen MR) is 104 cm³/mol. The van der Waals surface area contributed by atoms with Crippen LogP contribution >= 0.6 is 11.6 Å². The monoisotopic (exact) mass is 371 g/mol. The molecule has 0 radical (unpaired) electrons. The van der Waals surface area contributed by atoms with Crippen molar-refractivity contribution in [2.45, 2.75) is 25.3 Å². The Bertz CT molecular complexity index is 832. The number of rotatable bonds is 5. The third-order valence-corrected chi connectivity index (χ3v) is 4.85. The quantitative estimate of drug-likeness (QED) is 0.783. The molecule has 0 aromatic heterocycles. The minimum Gasteiger partial charge on any atom is -0.493 e. The lowest BCUT2D eigenvalue weighted by Gasteiger charge is -2.25. The van der Waals surface area contributed by atoms with E-state index in [0.717, 1.165) is 24.8 Å². The van der Waals surface area contributed by atoms with Gasteiger partial charge >= 0.3 is 0 Å². The first-order valence-electron chi connectivity index (χ1n) is 8.60. The third kappa shape index (κ3) is 4.02. The van der Waals surface area contributed by atoms with E-state index in [4.69, 9.17) is 21.1 Å². The van der Waals surface area contributed by atoms with Crippen LogP contribution in [0.2, 0.25) is 5.02 Å². The zero-order chi connectivity index (χ0) is 18.5. The summed E-state index contributed by atoms with van der Waals surface area (Å²) in [7, 11) is 3.09. The Kier molecular flexibility index (Phi) is 5.84. The van der Waals surface area contributed by atoms with Crippen molar-refractivity contribution in [3.05, 3.63) is 64.2 Å². The number of benzene rings is 2. The molecular weight excluding hydrogens is 350 g/mol. The zero-order valence-corrected chi connectivity index (χ0v) is 15.7. The Morgan fingerprint density at radius 3 is 2.81 bits per heavy atom. The van der Waals surface area contributed by atoms with Crippen molar-refractivity contribution in [2.75, 3.05) is 14.2 Å². The number of aryl methyl sites for hydroxylation is 1. The molecule has 1 N–H and O–H groups in total. The van der Waals surface area contributed by atoms with E-state index >= 15 is 0 Å². The van der Waals surface area contributed by atoms with Crippen LogP contribution in [0.15, 0.2) is 42.5 Å². The van der Waals surface area contributed by atoms with Gasteiger partial charge in [0.15, 0.2) is 11.5 Å². The van der Waals surface area contributed by atoms with Gasteiger partial charge in [0.25, 0.3) is 0 Å². The highest BCUT2D eigenvalue weighted by Crippen LogP contribution is 2.36. The van der Waals surface area contributed by atoms with Crippen molar-refractivity contribution < 1.29 is 14.3 Å². The van der Waals surface area contributed by atoms with E-state index in [1.165, 1.54) is 24.3 Å². The summed E-state index contributed by atoms with van der Waals surface area (Å²) in [5.41, 5.74) is 3.31. The first-order valence-corrected chi connectivity index (χ1v) is 8.98. The lowest BCUT2D eigenvalue weighted by atomic mass is 9.88. The maximum atomic E-state index is 12.4. The topological polar surface area (TPSA) is 47.6 Å². The number of fused-ring (bicyclic) bond motifs is 1. The van der Waals surface area contributed by atoms with Gasteiger partial charge in [-0.1, -0.05) is 35.9 Å². The third-order valence-electron chi connectivity index (χ3n) is 4.57. The SMILES string of the molecule is COc1cc(/C=C/C(=O)N[C@H]2CCCc3ccccc32)cc(Cl)c1OC. The van der Waals surface area contributed by atoms with Crippen molar-refractivity contribution in [1.82, 2.24) is 5.32 Å². The van der Waals surface area contributed by atoms with E-state index in [2.05, 4.69) is 17.4 Å². The summed E-state index contributed by atoms with van der Waals surface area (Å²) in [6, 6.07) is 11.9. The molecule has 2 aromatic carbocycles. The number of amides is 1. The maximum absolute atomic E-state index is 12.4. The highest BCUT2D eigenvalue weighted by Gasteiger charge is 2.20. The minimum atomic E-state index is -0.127. The molecule has 26 heavy (non-hydrogen) atoms. The fraction of sp³-hybridized carbons (Fsp3) is 0.286. The van der Waals surface area contributed by atoms with Crippen LogP contribution in [-0.2, 0) is 11.2 Å². The second kappa shape index (κ2) is 8.28. The van der Waals surface area contributed by atoms with Gasteiger partial charge in [0.2, 0.25) is 5.91 Å². The molecule has 0 bridgehead atoms. The molecule has 1 aliphatic carbocycles. The number of methoxy groups -OCH3 is 2. The number of nitrogens with one attached hydrogen (secondary N) is 1. The normalized spacial score (nSPS) is 16.2. The van der Waals surface area contributed by atoms with Gasteiger partial charge in [-0.15, -0.1) is 0 Å². The molecule has 4 nitrogen and oxygen atoms in total. The molecule has 136 valence electrons. The summed E-state index contributed by atoms with van der Waals surface area (Å²) >= 11 is 6.20. The summed E-state index contributed by atoms with van der Waals surface area (Å²) in [5, 5.41) is 3.53. The van der Waals surface area contributed by atoms with E-state index in [1.807, 2.05) is 12.1 Å². The molecule has 0 unspecified atom stereocenters. The van der Waals surface area contributed by atoms with Gasteiger partial charge in [-0.3, -0.25) is 4.79 Å². The van der Waals surface area contributed by atoms with Gasteiger partial charge in [-0.05, 0) is 54.2 Å². The molecule has 0 saturated heterocycles. The molecule has 1 amide bonds. The lowest BCUT2D eigenvalue weighted by molar-refractivity contribution is -0.117. The van der Waals surface area contributed by atoms with Gasteiger partial charge in [-0.25, -0.2) is 0 Å². The van der Waals surface area contributed by atoms with Crippen molar-refractivity contribution in [3.8, 4) is 11.5 Å². The summed E-state index contributed by atoms with van der Waals surface area (Å²) < 4.78 is 10.5. The van der Waals surface area contributed by atoms with Crippen molar-refractivity contribution in [2.24, 2.45) is 0 Å². The Balaban J connectivity index is 1.72. The van der Waals surface area contributed by atoms with E-state index in [0.29, 0.717) is 16.5 Å². The van der Waals surface area contributed by atoms with Crippen LogP contribution in [0.25, 0.3) is 6.08 Å². The first kappa shape index (κ1) is 18.3. The second-order valence-corrected chi connectivity index (χ2v) is 6.63. The van der Waals surface area contributed by atoms with E-state index in [-0.39, 0.29) is 11.9 Å². The average molecular weight is 372 g/mol. The number of carbonyl (C=O) groups is 1. The van der Waals surface area contributed by atoms with Crippen LogP contribution in [0.1, 0.15) is 35.6 Å². The fourth-order valence-electron chi connectivity index (χ4n) is 3.33. The molecule has 0 fully saturated rings. The van der Waals surface area contributed by atoms with Crippen molar-refractivity contribution in [1.29, 1.82) is 0 Å². The summed E-state index contributed by atoms with van der Waals surface area (Å²) in [5.74, 6) is 0.883. The Morgan fingerprint density at radius 2 is 2.04 bits per heavy atom. The predicted octanol–water partition coefficient (Wildman–Crippen LogP) is 4.56. The maximum Gasteiger partial charge on any atom is 0.244 e. The Morgan fingerprint density at radius 1 is 1.23 bits per heavy atom. The Labute approximate surface area is 158 Å². The minimum absolute atomic E-state index is 0.0612. The van der Waals surface area contributed by atoms with Crippen LogP contribution in [0.3, 0.4) is 0 Å². The van der Waals surface area contributed by atoms with E-state index in [1.54, 1.807) is 25.3 Å². The summed E-state index contributed by atoms with van der Waals surface area (Å²) in [6.45, 7) is 0. The van der Waals surface area contributed by atoms with Gasteiger partial charge < -0.3 is 14.8 Å². The van der Waals surface area contributed by atoms with Gasteiger partial charge in [0, 0.05) is 6.08 Å². The Hall–Kier alpha value is -2.46. The average Bonchev–Trinajstić information content (AvgIpc) is 2.66. The molecule has 1 atom stereocenters. The summed E-state index contributed by atoms with van der Waals surface area (Å²) in [4.78, 5) is 12.4. The van der Waals surface area contributed by atoms with Gasteiger partial charge in [-0.2, -0.15) is 0 Å². The van der Waals surface area contributed by atoms with Crippen molar-refractivity contribution >= 4 is 23.6 Å².